The molecule has 1 atom stereocenters. The molecule has 0 aliphatic carbocycles. The van der Waals surface area contributed by atoms with E-state index in [2.05, 4.69) is 5.32 Å². The van der Waals surface area contributed by atoms with Gasteiger partial charge in [0.05, 0.1) is 25.1 Å². The summed E-state index contributed by atoms with van der Waals surface area (Å²) in [4.78, 5) is 13.9. The molecule has 4 rings (SSSR count). The summed E-state index contributed by atoms with van der Waals surface area (Å²) in [6, 6.07) is 15.2. The third-order valence-corrected chi connectivity index (χ3v) is 6.08. The molecule has 0 aromatic heterocycles. The topological polar surface area (TPSA) is 80.3 Å². The first kappa shape index (κ1) is 23.6. The SMILES string of the molecule is CCOC(=O)Oc1cc(O)c(C2=CNC(S)N2c2ccc(OC)c3ccccc23)cc1C(C)C. The molecule has 0 amide bonds. The number of ether oxygens (including phenoxy) is 3. The number of carbonyl (C=O) groups is 1. The fourth-order valence-electron chi connectivity index (χ4n) is 4.11. The Kier molecular flexibility index (Phi) is 6.79. The minimum Gasteiger partial charge on any atom is -0.507 e. The summed E-state index contributed by atoms with van der Waals surface area (Å²) in [5.41, 5.74) is 2.64. The summed E-state index contributed by atoms with van der Waals surface area (Å²) >= 11 is 4.74. The van der Waals surface area contributed by atoms with E-state index in [1.165, 1.54) is 6.07 Å². The minimum absolute atomic E-state index is 0.0259. The number of hydrogen-bond acceptors (Lipinski definition) is 8. The first-order chi connectivity index (χ1) is 16.3. The highest BCUT2D eigenvalue weighted by Crippen LogP contribution is 2.43. The van der Waals surface area contributed by atoms with E-state index < -0.39 is 6.16 Å². The molecule has 0 saturated carbocycles. The average Bonchev–Trinajstić information content (AvgIpc) is 3.19. The summed E-state index contributed by atoms with van der Waals surface area (Å²) in [7, 11) is 1.65. The zero-order valence-corrected chi connectivity index (χ0v) is 20.4. The van der Waals surface area contributed by atoms with Crippen LogP contribution in [-0.4, -0.2) is 30.5 Å². The molecule has 3 aromatic rings. The molecule has 8 heteroatoms. The van der Waals surface area contributed by atoms with Crippen LogP contribution in [0.1, 0.15) is 37.8 Å². The van der Waals surface area contributed by atoms with Gasteiger partial charge in [0.2, 0.25) is 0 Å². The van der Waals surface area contributed by atoms with Crippen LogP contribution in [0.4, 0.5) is 10.5 Å². The van der Waals surface area contributed by atoms with Crippen molar-refractivity contribution in [3.63, 3.8) is 0 Å². The van der Waals surface area contributed by atoms with E-state index in [9.17, 15) is 9.90 Å². The zero-order valence-electron chi connectivity index (χ0n) is 19.5. The van der Waals surface area contributed by atoms with Gasteiger partial charge in [-0.1, -0.05) is 38.1 Å². The van der Waals surface area contributed by atoms with Gasteiger partial charge in [0.15, 0.2) is 0 Å². The molecule has 1 aliphatic heterocycles. The Morgan fingerprint density at radius 3 is 2.56 bits per heavy atom. The Hall–Kier alpha value is -3.52. The van der Waals surface area contributed by atoms with E-state index in [0.717, 1.165) is 33.5 Å². The summed E-state index contributed by atoms with van der Waals surface area (Å²) in [6.07, 6.45) is 1.02. The van der Waals surface area contributed by atoms with E-state index in [1.807, 2.05) is 67.4 Å². The zero-order chi connectivity index (χ0) is 24.4. The quantitative estimate of drug-likeness (QED) is 0.233. The van der Waals surface area contributed by atoms with Crippen LogP contribution >= 0.6 is 12.6 Å². The third-order valence-electron chi connectivity index (χ3n) is 5.70. The second kappa shape index (κ2) is 9.77. The molecular weight excluding hydrogens is 452 g/mol. The molecule has 0 radical (unpaired) electrons. The lowest BCUT2D eigenvalue weighted by Gasteiger charge is -2.29. The van der Waals surface area contributed by atoms with Gasteiger partial charge < -0.3 is 29.5 Å². The molecule has 0 bridgehead atoms. The number of methoxy groups -OCH3 is 1. The number of fused-ring (bicyclic) bond motifs is 1. The van der Waals surface area contributed by atoms with E-state index in [-0.39, 0.29) is 29.5 Å². The van der Waals surface area contributed by atoms with Crippen molar-refractivity contribution in [3.05, 3.63) is 65.9 Å². The number of phenolic OH excluding ortho intramolecular Hbond substituents is 1. The number of nitrogens with one attached hydrogen (secondary N) is 1. The lowest BCUT2D eigenvalue weighted by Crippen LogP contribution is -2.31. The number of nitrogens with zero attached hydrogens (tertiary/aromatic N) is 1. The molecule has 0 fully saturated rings. The molecule has 1 unspecified atom stereocenters. The molecule has 1 heterocycles. The van der Waals surface area contributed by atoms with Crippen LogP contribution < -0.4 is 19.7 Å². The van der Waals surface area contributed by atoms with Crippen LogP contribution in [0.15, 0.2) is 54.7 Å². The maximum absolute atomic E-state index is 11.9. The van der Waals surface area contributed by atoms with Gasteiger partial charge in [0, 0.05) is 28.6 Å². The fraction of sp³-hybridized carbons (Fsp3) is 0.269. The summed E-state index contributed by atoms with van der Waals surface area (Å²) < 4.78 is 15.8. The van der Waals surface area contributed by atoms with Crippen LogP contribution in [0.5, 0.6) is 17.2 Å². The number of anilines is 1. The number of phenols is 1. The Bertz CT molecular complexity index is 1260. The van der Waals surface area contributed by atoms with Crippen molar-refractivity contribution in [2.45, 2.75) is 32.2 Å². The van der Waals surface area contributed by atoms with Crippen molar-refractivity contribution in [1.82, 2.24) is 5.32 Å². The Morgan fingerprint density at radius 2 is 1.88 bits per heavy atom. The highest BCUT2D eigenvalue weighted by Gasteiger charge is 2.30. The van der Waals surface area contributed by atoms with Crippen molar-refractivity contribution >= 4 is 40.9 Å². The van der Waals surface area contributed by atoms with Gasteiger partial charge in [-0.15, -0.1) is 12.6 Å². The maximum atomic E-state index is 11.9. The number of thiol groups is 1. The largest absolute Gasteiger partial charge is 0.513 e. The second-order valence-electron chi connectivity index (χ2n) is 8.12. The number of aromatic hydroxyl groups is 1. The van der Waals surface area contributed by atoms with Crippen LogP contribution in [0.25, 0.3) is 16.5 Å². The van der Waals surface area contributed by atoms with E-state index in [1.54, 1.807) is 14.0 Å². The fourth-order valence-corrected chi connectivity index (χ4v) is 4.43. The monoisotopic (exact) mass is 480 g/mol. The first-order valence-corrected chi connectivity index (χ1v) is 11.6. The molecule has 0 spiro atoms. The Balaban J connectivity index is 1.81. The molecule has 7 nitrogen and oxygen atoms in total. The van der Waals surface area contributed by atoms with Gasteiger partial charge in [-0.2, -0.15) is 0 Å². The first-order valence-electron chi connectivity index (χ1n) is 11.1. The number of benzene rings is 3. The molecular formula is C26H28N2O5S. The van der Waals surface area contributed by atoms with Crippen LogP contribution in [-0.2, 0) is 4.74 Å². The molecule has 34 heavy (non-hydrogen) atoms. The predicted molar refractivity (Wildman–Crippen MR) is 137 cm³/mol. The Morgan fingerprint density at radius 1 is 1.15 bits per heavy atom. The van der Waals surface area contributed by atoms with E-state index in [0.29, 0.717) is 5.56 Å². The third kappa shape index (κ3) is 4.33. The molecule has 2 N–H and O–H groups in total. The number of rotatable bonds is 6. The van der Waals surface area contributed by atoms with Crippen LogP contribution in [0.2, 0.25) is 0 Å². The van der Waals surface area contributed by atoms with Gasteiger partial charge in [0.1, 0.15) is 22.7 Å². The highest BCUT2D eigenvalue weighted by atomic mass is 32.1. The smallest absolute Gasteiger partial charge is 0.507 e. The lowest BCUT2D eigenvalue weighted by molar-refractivity contribution is 0.104. The summed E-state index contributed by atoms with van der Waals surface area (Å²) in [6.45, 7) is 5.89. The van der Waals surface area contributed by atoms with Crippen molar-refractivity contribution < 1.29 is 24.1 Å². The van der Waals surface area contributed by atoms with E-state index in [4.69, 9.17) is 26.8 Å². The molecule has 0 saturated heterocycles. The highest BCUT2D eigenvalue weighted by molar-refractivity contribution is 7.81. The van der Waals surface area contributed by atoms with Crippen molar-refractivity contribution in [3.8, 4) is 17.2 Å². The average molecular weight is 481 g/mol. The van der Waals surface area contributed by atoms with Gasteiger partial charge in [-0.3, -0.25) is 0 Å². The summed E-state index contributed by atoms with van der Waals surface area (Å²) in [5.74, 6) is 1.05. The number of hydrogen-bond donors (Lipinski definition) is 3. The van der Waals surface area contributed by atoms with Crippen LogP contribution in [0.3, 0.4) is 0 Å². The molecule has 1 aliphatic rings. The van der Waals surface area contributed by atoms with Gasteiger partial charge >= 0.3 is 6.16 Å². The van der Waals surface area contributed by atoms with Crippen LogP contribution in [0, 0.1) is 0 Å². The van der Waals surface area contributed by atoms with Crippen molar-refractivity contribution in [2.75, 3.05) is 18.6 Å². The normalized spacial score (nSPS) is 15.3. The minimum atomic E-state index is -0.806. The molecule has 178 valence electrons. The van der Waals surface area contributed by atoms with Gasteiger partial charge in [0.25, 0.3) is 0 Å². The Labute approximate surface area is 204 Å². The van der Waals surface area contributed by atoms with Crippen molar-refractivity contribution in [1.29, 1.82) is 0 Å². The van der Waals surface area contributed by atoms with Crippen molar-refractivity contribution in [2.24, 2.45) is 0 Å². The second-order valence-corrected chi connectivity index (χ2v) is 8.61. The van der Waals surface area contributed by atoms with E-state index >= 15 is 0 Å². The van der Waals surface area contributed by atoms with Gasteiger partial charge in [-0.25, -0.2) is 4.79 Å². The van der Waals surface area contributed by atoms with Gasteiger partial charge in [-0.05, 0) is 36.6 Å². The number of carbonyl (C=O) groups excluding carboxylic acids is 1. The maximum Gasteiger partial charge on any atom is 0.513 e. The molecule has 3 aromatic carbocycles. The lowest BCUT2D eigenvalue weighted by atomic mass is 9.97. The predicted octanol–water partition coefficient (Wildman–Crippen LogP) is 5.83. The standard InChI is InChI=1S/C26H28N2O5S/c1-5-32-26(30)33-24-13-22(29)19(12-18(24)15(2)3)21-14-27-25(34)28(21)20-10-11-23(31-4)17-9-7-6-8-16(17)20/h6-15,25,27,29,34H,5H2,1-4H3. The summed E-state index contributed by atoms with van der Waals surface area (Å²) in [5, 5.41) is 16.2.